The van der Waals surface area contributed by atoms with Crippen LogP contribution in [0.2, 0.25) is 0 Å². The quantitative estimate of drug-likeness (QED) is 0.822. The zero-order valence-electron chi connectivity index (χ0n) is 9.56. The van der Waals surface area contributed by atoms with Crippen molar-refractivity contribution in [3.63, 3.8) is 0 Å². The second kappa shape index (κ2) is 4.25. The lowest BCUT2D eigenvalue weighted by Gasteiger charge is -2.35. The number of rotatable bonds is 2. The molecular formula is C12H19N5. The van der Waals surface area contributed by atoms with Crippen LogP contribution in [0.5, 0.6) is 0 Å². The van der Waals surface area contributed by atoms with Gasteiger partial charge in [0.2, 0.25) is 0 Å². The lowest BCUT2D eigenvalue weighted by molar-refractivity contribution is 0.346. The SMILES string of the molecule is [HH].[HH].c1ccc(C2(c3nn[nH]n3)CCNCC2)cc1. The van der Waals surface area contributed by atoms with Gasteiger partial charge in [-0.25, -0.2) is 0 Å². The summed E-state index contributed by atoms with van der Waals surface area (Å²) in [6.07, 6.45) is 2.02. The molecule has 1 aromatic heterocycles. The molecule has 0 aliphatic carbocycles. The van der Waals surface area contributed by atoms with Crippen LogP contribution in [0.4, 0.5) is 0 Å². The largest absolute Gasteiger partial charge is 0.317 e. The van der Waals surface area contributed by atoms with Gasteiger partial charge in [0.25, 0.3) is 0 Å². The van der Waals surface area contributed by atoms with Crippen molar-refractivity contribution < 1.29 is 2.85 Å². The molecule has 0 radical (unpaired) electrons. The van der Waals surface area contributed by atoms with Crippen LogP contribution in [0.15, 0.2) is 30.3 Å². The Balaban J connectivity index is 0.000000902. The van der Waals surface area contributed by atoms with Crippen LogP contribution in [0.3, 0.4) is 0 Å². The van der Waals surface area contributed by atoms with Crippen molar-refractivity contribution in [3.05, 3.63) is 41.7 Å². The van der Waals surface area contributed by atoms with E-state index in [4.69, 9.17) is 0 Å². The first-order valence-electron chi connectivity index (χ1n) is 5.92. The fraction of sp³-hybridized carbons (Fsp3) is 0.417. The van der Waals surface area contributed by atoms with Crippen molar-refractivity contribution in [1.29, 1.82) is 0 Å². The van der Waals surface area contributed by atoms with E-state index in [1.54, 1.807) is 0 Å². The van der Waals surface area contributed by atoms with E-state index in [1.807, 2.05) is 6.07 Å². The average Bonchev–Trinajstić information content (AvgIpc) is 2.95. The zero-order valence-corrected chi connectivity index (χ0v) is 9.56. The van der Waals surface area contributed by atoms with Gasteiger partial charge >= 0.3 is 0 Å². The Labute approximate surface area is 103 Å². The van der Waals surface area contributed by atoms with Crippen molar-refractivity contribution in [3.8, 4) is 0 Å². The summed E-state index contributed by atoms with van der Waals surface area (Å²) in [7, 11) is 0. The molecule has 17 heavy (non-hydrogen) atoms. The Morgan fingerprint density at radius 2 is 1.88 bits per heavy atom. The first kappa shape index (κ1) is 10.4. The Hall–Kier alpha value is -1.75. The van der Waals surface area contributed by atoms with Crippen LogP contribution >= 0.6 is 0 Å². The summed E-state index contributed by atoms with van der Waals surface area (Å²) in [6, 6.07) is 10.5. The maximum atomic E-state index is 4.21. The highest BCUT2D eigenvalue weighted by Gasteiger charge is 2.39. The maximum absolute atomic E-state index is 4.21. The minimum Gasteiger partial charge on any atom is -0.317 e. The van der Waals surface area contributed by atoms with Gasteiger partial charge in [-0.05, 0) is 31.5 Å². The monoisotopic (exact) mass is 233 g/mol. The van der Waals surface area contributed by atoms with Crippen molar-refractivity contribution in [2.75, 3.05) is 13.1 Å². The standard InChI is InChI=1S/C12H15N5.2H2/c1-2-4-10(5-3-1)12(6-8-13-9-7-12)11-14-16-17-15-11;;/h1-5,13H,6-9H2,(H,14,15,16,17);2*1H. The number of aromatic amines is 1. The number of aromatic nitrogens is 4. The molecule has 2 heterocycles. The van der Waals surface area contributed by atoms with E-state index >= 15 is 0 Å². The average molecular weight is 233 g/mol. The van der Waals surface area contributed by atoms with Gasteiger partial charge in [0.15, 0.2) is 5.82 Å². The number of piperidine rings is 1. The second-order valence-corrected chi connectivity index (χ2v) is 4.43. The summed E-state index contributed by atoms with van der Waals surface area (Å²) in [5.41, 5.74) is 1.20. The minimum absolute atomic E-state index is 0. The van der Waals surface area contributed by atoms with Crippen molar-refractivity contribution in [2.45, 2.75) is 18.3 Å². The van der Waals surface area contributed by atoms with Crippen LogP contribution < -0.4 is 5.32 Å². The molecule has 0 atom stereocenters. The van der Waals surface area contributed by atoms with Crippen LogP contribution in [0.1, 0.15) is 27.1 Å². The minimum atomic E-state index is -0.0838. The van der Waals surface area contributed by atoms with E-state index in [2.05, 4.69) is 50.2 Å². The highest BCUT2D eigenvalue weighted by Crippen LogP contribution is 2.37. The molecule has 1 fully saturated rings. The van der Waals surface area contributed by atoms with Gasteiger partial charge in [-0.1, -0.05) is 35.5 Å². The van der Waals surface area contributed by atoms with E-state index in [0.29, 0.717) is 0 Å². The van der Waals surface area contributed by atoms with E-state index in [0.717, 1.165) is 31.8 Å². The van der Waals surface area contributed by atoms with Crippen LogP contribution in [0.25, 0.3) is 0 Å². The van der Waals surface area contributed by atoms with Gasteiger partial charge in [-0.3, -0.25) is 0 Å². The molecule has 5 heteroatoms. The number of hydrogen-bond acceptors (Lipinski definition) is 4. The third-order valence-electron chi connectivity index (χ3n) is 3.56. The number of nitrogens with one attached hydrogen (secondary N) is 2. The van der Waals surface area contributed by atoms with Gasteiger partial charge in [0.1, 0.15) is 0 Å². The lowest BCUT2D eigenvalue weighted by Crippen LogP contribution is -2.41. The van der Waals surface area contributed by atoms with Crippen molar-refractivity contribution in [2.24, 2.45) is 0 Å². The molecule has 0 unspecified atom stereocenters. The summed E-state index contributed by atoms with van der Waals surface area (Å²) < 4.78 is 0. The molecule has 92 valence electrons. The first-order valence-corrected chi connectivity index (χ1v) is 5.92. The summed E-state index contributed by atoms with van der Waals surface area (Å²) >= 11 is 0. The summed E-state index contributed by atoms with van der Waals surface area (Å²) in [5, 5.41) is 18.1. The molecule has 5 nitrogen and oxygen atoms in total. The predicted molar refractivity (Wildman–Crippen MR) is 67.7 cm³/mol. The molecule has 0 bridgehead atoms. The van der Waals surface area contributed by atoms with Crippen LogP contribution in [-0.4, -0.2) is 33.7 Å². The lowest BCUT2D eigenvalue weighted by atomic mass is 9.72. The number of nitrogens with zero attached hydrogens (tertiary/aromatic N) is 3. The Kier molecular flexibility index (Phi) is 2.60. The number of H-pyrrole nitrogens is 1. The van der Waals surface area contributed by atoms with Crippen molar-refractivity contribution in [1.82, 2.24) is 25.9 Å². The highest BCUT2D eigenvalue weighted by atomic mass is 15.5. The number of benzene rings is 1. The molecule has 0 amide bonds. The third kappa shape index (κ3) is 1.72. The van der Waals surface area contributed by atoms with E-state index in [-0.39, 0.29) is 8.27 Å². The summed E-state index contributed by atoms with van der Waals surface area (Å²) in [6.45, 7) is 1.98. The second-order valence-electron chi connectivity index (χ2n) is 4.43. The van der Waals surface area contributed by atoms with E-state index < -0.39 is 0 Å². The molecule has 3 rings (SSSR count). The Bertz CT molecular complexity index is 468. The Morgan fingerprint density at radius 1 is 1.12 bits per heavy atom. The summed E-state index contributed by atoms with van der Waals surface area (Å²) in [4.78, 5) is 0. The number of tetrazole rings is 1. The molecule has 1 aliphatic heterocycles. The zero-order chi connectivity index (χ0) is 11.6. The van der Waals surface area contributed by atoms with Gasteiger partial charge in [-0.2, -0.15) is 5.21 Å². The van der Waals surface area contributed by atoms with E-state index in [1.165, 1.54) is 5.56 Å². The van der Waals surface area contributed by atoms with Gasteiger partial charge in [-0.15, -0.1) is 10.2 Å². The molecule has 1 aromatic carbocycles. The van der Waals surface area contributed by atoms with Crippen LogP contribution in [0, 0.1) is 0 Å². The maximum Gasteiger partial charge on any atom is 0.185 e. The molecule has 1 saturated heterocycles. The third-order valence-corrected chi connectivity index (χ3v) is 3.56. The highest BCUT2D eigenvalue weighted by molar-refractivity contribution is 5.33. The molecule has 0 saturated carbocycles. The smallest absolute Gasteiger partial charge is 0.185 e. The van der Waals surface area contributed by atoms with Gasteiger partial charge in [0, 0.05) is 2.85 Å². The van der Waals surface area contributed by atoms with Crippen LogP contribution in [-0.2, 0) is 5.41 Å². The normalized spacial score (nSPS) is 19.1. The van der Waals surface area contributed by atoms with E-state index in [9.17, 15) is 0 Å². The molecule has 2 aromatic rings. The molecule has 2 N–H and O–H groups in total. The fourth-order valence-corrected chi connectivity index (χ4v) is 2.62. The Morgan fingerprint density at radius 3 is 2.53 bits per heavy atom. The molecular weight excluding hydrogens is 214 g/mol. The predicted octanol–water partition coefficient (Wildman–Crippen LogP) is 1.36. The summed E-state index contributed by atoms with van der Waals surface area (Å²) in [5.74, 6) is 0.810. The fourth-order valence-electron chi connectivity index (χ4n) is 2.62. The van der Waals surface area contributed by atoms with Gasteiger partial charge < -0.3 is 5.32 Å². The first-order chi connectivity index (χ1) is 8.42. The van der Waals surface area contributed by atoms with Crippen molar-refractivity contribution >= 4 is 0 Å². The van der Waals surface area contributed by atoms with Gasteiger partial charge in [0.05, 0.1) is 5.41 Å². The topological polar surface area (TPSA) is 66.5 Å². The number of hydrogen-bond donors (Lipinski definition) is 2. The molecule has 1 aliphatic rings. The molecule has 0 spiro atoms.